The molecule has 0 aromatic rings. The SMILES string of the molecule is COC(=O)C(C)CN1CCC(CO)CC1. The molecule has 1 atom stereocenters. The Hall–Kier alpha value is -0.610. The van der Waals surface area contributed by atoms with Gasteiger partial charge < -0.3 is 14.7 Å². The second kappa shape index (κ2) is 6.08. The Balaban J connectivity index is 2.26. The van der Waals surface area contributed by atoms with Crippen LogP contribution in [0.2, 0.25) is 0 Å². The Labute approximate surface area is 91.2 Å². The predicted molar refractivity (Wildman–Crippen MR) is 57.4 cm³/mol. The van der Waals surface area contributed by atoms with E-state index in [9.17, 15) is 4.79 Å². The van der Waals surface area contributed by atoms with Crippen molar-refractivity contribution in [3.63, 3.8) is 0 Å². The molecular weight excluding hydrogens is 194 g/mol. The van der Waals surface area contributed by atoms with Gasteiger partial charge in [-0.3, -0.25) is 4.79 Å². The predicted octanol–water partition coefficient (Wildman–Crippen LogP) is 0.500. The van der Waals surface area contributed by atoms with Crippen LogP contribution >= 0.6 is 0 Å². The Kier molecular flexibility index (Phi) is 5.05. The molecule has 0 radical (unpaired) electrons. The van der Waals surface area contributed by atoms with Gasteiger partial charge in [0, 0.05) is 13.2 Å². The van der Waals surface area contributed by atoms with E-state index in [-0.39, 0.29) is 11.9 Å². The molecule has 1 rings (SSSR count). The Morgan fingerprint density at radius 2 is 2.13 bits per heavy atom. The smallest absolute Gasteiger partial charge is 0.309 e. The molecule has 1 aliphatic rings. The Morgan fingerprint density at radius 1 is 1.53 bits per heavy atom. The van der Waals surface area contributed by atoms with Crippen LogP contribution in [0.4, 0.5) is 0 Å². The normalized spacial score (nSPS) is 21.3. The van der Waals surface area contributed by atoms with Crippen LogP contribution in [0, 0.1) is 11.8 Å². The number of aliphatic hydroxyl groups excluding tert-OH is 1. The summed E-state index contributed by atoms with van der Waals surface area (Å²) in [6, 6.07) is 0. The third-order valence-corrected chi connectivity index (χ3v) is 3.10. The summed E-state index contributed by atoms with van der Waals surface area (Å²) >= 11 is 0. The second-order valence-corrected chi connectivity index (χ2v) is 4.35. The fourth-order valence-electron chi connectivity index (χ4n) is 2.01. The van der Waals surface area contributed by atoms with Gasteiger partial charge in [0.25, 0.3) is 0 Å². The number of rotatable bonds is 4. The van der Waals surface area contributed by atoms with Crippen LogP contribution in [0.5, 0.6) is 0 Å². The molecule has 0 aromatic heterocycles. The highest BCUT2D eigenvalue weighted by atomic mass is 16.5. The van der Waals surface area contributed by atoms with Gasteiger partial charge in [-0.05, 0) is 31.8 Å². The van der Waals surface area contributed by atoms with E-state index in [4.69, 9.17) is 9.84 Å². The van der Waals surface area contributed by atoms with Crippen LogP contribution in [0.3, 0.4) is 0 Å². The number of hydrogen-bond acceptors (Lipinski definition) is 4. The monoisotopic (exact) mass is 215 g/mol. The molecule has 1 unspecified atom stereocenters. The molecule has 1 heterocycles. The molecule has 4 nitrogen and oxygen atoms in total. The van der Waals surface area contributed by atoms with Crippen molar-refractivity contribution < 1.29 is 14.6 Å². The second-order valence-electron chi connectivity index (χ2n) is 4.35. The number of likely N-dealkylation sites (tertiary alicyclic amines) is 1. The average molecular weight is 215 g/mol. The number of carbonyl (C=O) groups is 1. The average Bonchev–Trinajstić information content (AvgIpc) is 2.29. The maximum Gasteiger partial charge on any atom is 0.309 e. The van der Waals surface area contributed by atoms with E-state index in [1.165, 1.54) is 7.11 Å². The van der Waals surface area contributed by atoms with Gasteiger partial charge in [0.2, 0.25) is 0 Å². The molecular formula is C11H21NO3. The Bertz CT molecular complexity index is 200. The van der Waals surface area contributed by atoms with E-state index in [2.05, 4.69) is 4.90 Å². The minimum absolute atomic E-state index is 0.0549. The molecule has 1 aliphatic heterocycles. The highest BCUT2D eigenvalue weighted by Crippen LogP contribution is 2.17. The maximum absolute atomic E-state index is 11.2. The first-order valence-corrected chi connectivity index (χ1v) is 5.58. The first-order chi connectivity index (χ1) is 7.17. The number of esters is 1. The molecule has 1 fully saturated rings. The van der Waals surface area contributed by atoms with E-state index >= 15 is 0 Å². The summed E-state index contributed by atoms with van der Waals surface area (Å²) in [6.45, 7) is 4.91. The quantitative estimate of drug-likeness (QED) is 0.694. The summed E-state index contributed by atoms with van der Waals surface area (Å²) in [4.78, 5) is 13.5. The Morgan fingerprint density at radius 3 is 2.60 bits per heavy atom. The van der Waals surface area contributed by atoms with Crippen molar-refractivity contribution in [1.82, 2.24) is 4.90 Å². The number of aliphatic hydroxyl groups is 1. The lowest BCUT2D eigenvalue weighted by Gasteiger charge is -2.32. The van der Waals surface area contributed by atoms with Gasteiger partial charge in [0.15, 0.2) is 0 Å². The van der Waals surface area contributed by atoms with Gasteiger partial charge >= 0.3 is 5.97 Å². The summed E-state index contributed by atoms with van der Waals surface area (Å²) in [5.41, 5.74) is 0. The molecule has 0 saturated carbocycles. The van der Waals surface area contributed by atoms with Crippen molar-refractivity contribution in [3.8, 4) is 0 Å². The van der Waals surface area contributed by atoms with E-state index < -0.39 is 0 Å². The number of methoxy groups -OCH3 is 1. The molecule has 1 N–H and O–H groups in total. The molecule has 0 aliphatic carbocycles. The zero-order chi connectivity index (χ0) is 11.3. The van der Waals surface area contributed by atoms with Crippen molar-refractivity contribution in [2.45, 2.75) is 19.8 Å². The molecule has 0 aromatic carbocycles. The molecule has 0 bridgehead atoms. The van der Waals surface area contributed by atoms with Crippen molar-refractivity contribution in [1.29, 1.82) is 0 Å². The number of piperidine rings is 1. The van der Waals surface area contributed by atoms with Gasteiger partial charge in [0.05, 0.1) is 13.0 Å². The van der Waals surface area contributed by atoms with Crippen LogP contribution in [-0.4, -0.2) is 49.3 Å². The lowest BCUT2D eigenvalue weighted by atomic mass is 9.97. The van der Waals surface area contributed by atoms with Gasteiger partial charge in [-0.15, -0.1) is 0 Å². The summed E-state index contributed by atoms with van der Waals surface area (Å²) in [7, 11) is 1.43. The van der Waals surface area contributed by atoms with Crippen LogP contribution in [0.25, 0.3) is 0 Å². The molecule has 4 heteroatoms. The topological polar surface area (TPSA) is 49.8 Å². The van der Waals surface area contributed by atoms with Crippen LogP contribution in [0.15, 0.2) is 0 Å². The first-order valence-electron chi connectivity index (χ1n) is 5.58. The summed E-state index contributed by atoms with van der Waals surface area (Å²) in [5.74, 6) is 0.259. The van der Waals surface area contributed by atoms with Gasteiger partial charge in [0.1, 0.15) is 0 Å². The molecule has 0 spiro atoms. The lowest BCUT2D eigenvalue weighted by molar-refractivity contribution is -0.145. The van der Waals surface area contributed by atoms with Crippen molar-refractivity contribution in [2.24, 2.45) is 11.8 Å². The zero-order valence-electron chi connectivity index (χ0n) is 9.61. The molecule has 88 valence electrons. The third kappa shape index (κ3) is 3.80. The van der Waals surface area contributed by atoms with Gasteiger partial charge in [-0.25, -0.2) is 0 Å². The third-order valence-electron chi connectivity index (χ3n) is 3.10. The van der Waals surface area contributed by atoms with Crippen molar-refractivity contribution >= 4 is 5.97 Å². The van der Waals surface area contributed by atoms with E-state index in [0.717, 1.165) is 32.5 Å². The molecule has 0 amide bonds. The highest BCUT2D eigenvalue weighted by molar-refractivity contribution is 5.72. The van der Waals surface area contributed by atoms with E-state index in [1.807, 2.05) is 6.92 Å². The van der Waals surface area contributed by atoms with Crippen LogP contribution in [0.1, 0.15) is 19.8 Å². The minimum Gasteiger partial charge on any atom is -0.469 e. The van der Waals surface area contributed by atoms with Crippen LogP contribution < -0.4 is 0 Å². The first kappa shape index (κ1) is 12.5. The summed E-state index contributed by atoms with van der Waals surface area (Å²) in [5, 5.41) is 8.99. The van der Waals surface area contributed by atoms with E-state index in [1.54, 1.807) is 0 Å². The lowest BCUT2D eigenvalue weighted by Crippen LogP contribution is -2.39. The van der Waals surface area contributed by atoms with Gasteiger partial charge in [-0.1, -0.05) is 6.92 Å². The van der Waals surface area contributed by atoms with Crippen molar-refractivity contribution in [3.05, 3.63) is 0 Å². The number of ether oxygens (including phenoxy) is 1. The zero-order valence-corrected chi connectivity index (χ0v) is 9.61. The number of carbonyl (C=O) groups excluding carboxylic acids is 1. The van der Waals surface area contributed by atoms with Crippen molar-refractivity contribution in [2.75, 3.05) is 33.4 Å². The fourth-order valence-corrected chi connectivity index (χ4v) is 2.01. The fraction of sp³-hybridized carbons (Fsp3) is 0.909. The molecule has 1 saturated heterocycles. The van der Waals surface area contributed by atoms with Crippen LogP contribution in [-0.2, 0) is 9.53 Å². The molecule has 15 heavy (non-hydrogen) atoms. The summed E-state index contributed by atoms with van der Waals surface area (Å²) < 4.78 is 4.69. The minimum atomic E-state index is -0.140. The maximum atomic E-state index is 11.2. The van der Waals surface area contributed by atoms with E-state index in [0.29, 0.717) is 12.5 Å². The highest BCUT2D eigenvalue weighted by Gasteiger charge is 2.22. The largest absolute Gasteiger partial charge is 0.469 e. The standard InChI is InChI=1S/C11H21NO3/c1-9(11(14)15-2)7-12-5-3-10(8-13)4-6-12/h9-10,13H,3-8H2,1-2H3. The summed E-state index contributed by atoms with van der Waals surface area (Å²) in [6.07, 6.45) is 2.06. The number of hydrogen-bond donors (Lipinski definition) is 1. The number of nitrogens with zero attached hydrogens (tertiary/aromatic N) is 1. The van der Waals surface area contributed by atoms with Gasteiger partial charge in [-0.2, -0.15) is 0 Å².